The van der Waals surface area contributed by atoms with Crippen LogP contribution >= 0.6 is 22.9 Å². The van der Waals surface area contributed by atoms with Gasteiger partial charge in [0.05, 0.1) is 28.6 Å². The van der Waals surface area contributed by atoms with E-state index in [1.165, 1.54) is 16.9 Å². The summed E-state index contributed by atoms with van der Waals surface area (Å²) in [4.78, 5) is 20.1. The van der Waals surface area contributed by atoms with Crippen molar-refractivity contribution < 1.29 is 9.53 Å². The number of aryl methyl sites for hydroxylation is 2. The van der Waals surface area contributed by atoms with Crippen molar-refractivity contribution in [3.8, 4) is 0 Å². The van der Waals surface area contributed by atoms with E-state index >= 15 is 0 Å². The van der Waals surface area contributed by atoms with E-state index < -0.39 is 0 Å². The van der Waals surface area contributed by atoms with Gasteiger partial charge < -0.3 is 4.74 Å². The van der Waals surface area contributed by atoms with Crippen molar-refractivity contribution in [2.24, 2.45) is 0 Å². The minimum absolute atomic E-state index is 0.0545. The Balaban J connectivity index is 1.72. The third kappa shape index (κ3) is 3.29. The molecule has 2 aromatic heterocycles. The maximum Gasteiger partial charge on any atom is 0.273 e. The highest BCUT2D eigenvalue weighted by Crippen LogP contribution is 2.32. The molecule has 0 aliphatic carbocycles. The second-order valence-electron chi connectivity index (χ2n) is 6.21. The van der Waals surface area contributed by atoms with Crippen LogP contribution in [-0.4, -0.2) is 39.7 Å². The largest absolute Gasteiger partial charge is 0.376 e. The molecule has 1 aliphatic rings. The van der Waals surface area contributed by atoms with Gasteiger partial charge in [-0.15, -0.1) is 5.10 Å². The molecule has 6 nitrogen and oxygen atoms in total. The first kappa shape index (κ1) is 16.6. The van der Waals surface area contributed by atoms with E-state index in [1.54, 1.807) is 4.90 Å². The molecule has 1 unspecified atom stereocenters. The fourth-order valence-electron chi connectivity index (χ4n) is 2.93. The standard InChI is InChI=1S/C17H18N4O2S2/c1-10-5-6-13-14(8-10)24-17(18-13)21(9-12-4-3-7-23-12)16(22)15-11(2)19-20-25-15/h5-6,8,12H,3-4,7,9H2,1-2H3. The topological polar surface area (TPSA) is 68.2 Å². The van der Waals surface area contributed by atoms with Crippen LogP contribution in [-0.2, 0) is 4.74 Å². The van der Waals surface area contributed by atoms with Crippen molar-refractivity contribution in [1.29, 1.82) is 0 Å². The van der Waals surface area contributed by atoms with Crippen LogP contribution in [0.3, 0.4) is 0 Å². The fraction of sp³-hybridized carbons (Fsp3) is 0.412. The number of anilines is 1. The van der Waals surface area contributed by atoms with Gasteiger partial charge in [0.15, 0.2) is 5.13 Å². The number of aromatic nitrogens is 3. The Bertz CT molecular complexity index is 914. The summed E-state index contributed by atoms with van der Waals surface area (Å²) >= 11 is 2.67. The van der Waals surface area contributed by atoms with Crippen molar-refractivity contribution in [3.63, 3.8) is 0 Å². The minimum atomic E-state index is -0.0984. The molecule has 0 spiro atoms. The Kier molecular flexibility index (Phi) is 4.49. The highest BCUT2D eigenvalue weighted by molar-refractivity contribution is 7.22. The van der Waals surface area contributed by atoms with Crippen molar-refractivity contribution in [3.05, 3.63) is 34.3 Å². The molecular formula is C17H18N4O2S2. The van der Waals surface area contributed by atoms with E-state index in [-0.39, 0.29) is 12.0 Å². The van der Waals surface area contributed by atoms with Crippen LogP contribution in [0, 0.1) is 13.8 Å². The number of carbonyl (C=O) groups is 1. The van der Waals surface area contributed by atoms with E-state index in [0.29, 0.717) is 22.2 Å². The molecule has 1 aliphatic heterocycles. The Morgan fingerprint density at radius 2 is 2.28 bits per heavy atom. The van der Waals surface area contributed by atoms with E-state index in [4.69, 9.17) is 4.74 Å². The first-order valence-corrected chi connectivity index (χ1v) is 9.80. The molecule has 0 N–H and O–H groups in total. The van der Waals surface area contributed by atoms with Gasteiger partial charge in [-0.05, 0) is 55.9 Å². The van der Waals surface area contributed by atoms with Crippen LogP contribution in [0.2, 0.25) is 0 Å². The zero-order chi connectivity index (χ0) is 17.4. The van der Waals surface area contributed by atoms with E-state index in [0.717, 1.165) is 41.2 Å². The number of hydrogen-bond donors (Lipinski definition) is 0. The van der Waals surface area contributed by atoms with Gasteiger partial charge in [0.25, 0.3) is 5.91 Å². The lowest BCUT2D eigenvalue weighted by Crippen LogP contribution is -2.37. The number of hydrogen-bond acceptors (Lipinski definition) is 7. The number of benzene rings is 1. The number of carbonyl (C=O) groups excluding carboxylic acids is 1. The summed E-state index contributed by atoms with van der Waals surface area (Å²) in [7, 11) is 0. The average molecular weight is 374 g/mol. The summed E-state index contributed by atoms with van der Waals surface area (Å²) in [5, 5.41) is 4.68. The van der Waals surface area contributed by atoms with Crippen LogP contribution in [0.25, 0.3) is 10.2 Å². The molecule has 8 heteroatoms. The normalized spacial score (nSPS) is 17.3. The van der Waals surface area contributed by atoms with Crippen molar-refractivity contribution in [1.82, 2.24) is 14.6 Å². The van der Waals surface area contributed by atoms with Gasteiger partial charge in [-0.25, -0.2) is 4.98 Å². The third-order valence-corrected chi connectivity index (χ3v) is 6.12. The average Bonchev–Trinajstić information content (AvgIpc) is 3.31. The first-order valence-electron chi connectivity index (χ1n) is 8.21. The molecule has 4 rings (SSSR count). The summed E-state index contributed by atoms with van der Waals surface area (Å²) in [6.07, 6.45) is 2.06. The maximum atomic E-state index is 13.1. The molecule has 0 bridgehead atoms. The predicted molar refractivity (Wildman–Crippen MR) is 99.7 cm³/mol. The number of amides is 1. The molecule has 1 saturated heterocycles. The van der Waals surface area contributed by atoms with Crippen LogP contribution in [0.1, 0.15) is 33.8 Å². The minimum Gasteiger partial charge on any atom is -0.376 e. The van der Waals surface area contributed by atoms with Crippen LogP contribution in [0.15, 0.2) is 18.2 Å². The smallest absolute Gasteiger partial charge is 0.273 e. The summed E-state index contributed by atoms with van der Waals surface area (Å²) < 4.78 is 10.7. The lowest BCUT2D eigenvalue weighted by Gasteiger charge is -2.22. The van der Waals surface area contributed by atoms with Crippen LogP contribution < -0.4 is 4.90 Å². The zero-order valence-electron chi connectivity index (χ0n) is 14.1. The number of ether oxygens (including phenoxy) is 1. The number of rotatable bonds is 4. The van der Waals surface area contributed by atoms with Crippen molar-refractivity contribution in [2.75, 3.05) is 18.1 Å². The summed E-state index contributed by atoms with van der Waals surface area (Å²) in [6.45, 7) is 5.13. The molecule has 25 heavy (non-hydrogen) atoms. The molecule has 1 fully saturated rings. The monoisotopic (exact) mass is 374 g/mol. The van der Waals surface area contributed by atoms with E-state index in [9.17, 15) is 4.79 Å². The molecule has 3 heterocycles. The lowest BCUT2D eigenvalue weighted by atomic mass is 10.2. The SMILES string of the molecule is Cc1ccc2nc(N(CC3CCCO3)C(=O)c3snnc3C)sc2c1. The van der Waals surface area contributed by atoms with Gasteiger partial charge >= 0.3 is 0 Å². The molecule has 1 amide bonds. The van der Waals surface area contributed by atoms with Gasteiger partial charge in [0.2, 0.25) is 0 Å². The van der Waals surface area contributed by atoms with E-state index in [1.807, 2.05) is 19.1 Å². The van der Waals surface area contributed by atoms with Gasteiger partial charge in [-0.1, -0.05) is 21.9 Å². The van der Waals surface area contributed by atoms with Crippen LogP contribution in [0.5, 0.6) is 0 Å². The summed E-state index contributed by atoms with van der Waals surface area (Å²) in [5.41, 5.74) is 2.75. The predicted octanol–water partition coefficient (Wildman–Crippen LogP) is 3.59. The van der Waals surface area contributed by atoms with Gasteiger partial charge in [0, 0.05) is 6.61 Å². The number of nitrogens with zero attached hydrogens (tertiary/aromatic N) is 4. The number of thiazole rings is 1. The molecular weight excluding hydrogens is 356 g/mol. The van der Waals surface area contributed by atoms with E-state index in [2.05, 4.69) is 27.6 Å². The fourth-order valence-corrected chi connectivity index (χ4v) is 4.60. The molecule has 3 aromatic rings. The highest BCUT2D eigenvalue weighted by Gasteiger charge is 2.29. The Morgan fingerprint density at radius 3 is 3.00 bits per heavy atom. The molecule has 1 atom stereocenters. The highest BCUT2D eigenvalue weighted by atomic mass is 32.1. The Morgan fingerprint density at radius 1 is 1.40 bits per heavy atom. The lowest BCUT2D eigenvalue weighted by molar-refractivity contribution is 0.0920. The van der Waals surface area contributed by atoms with Crippen LogP contribution in [0.4, 0.5) is 5.13 Å². The maximum absolute atomic E-state index is 13.1. The second-order valence-corrected chi connectivity index (χ2v) is 7.97. The molecule has 0 radical (unpaired) electrons. The molecule has 1 aromatic carbocycles. The molecule has 130 valence electrons. The second kappa shape index (κ2) is 6.78. The zero-order valence-corrected chi connectivity index (χ0v) is 15.7. The third-order valence-electron chi connectivity index (χ3n) is 4.26. The van der Waals surface area contributed by atoms with Gasteiger partial charge in [-0.2, -0.15) is 0 Å². The van der Waals surface area contributed by atoms with Crippen molar-refractivity contribution >= 4 is 44.1 Å². The Labute approximate surface area is 153 Å². The molecule has 0 saturated carbocycles. The van der Waals surface area contributed by atoms with Gasteiger partial charge in [0.1, 0.15) is 4.88 Å². The quantitative estimate of drug-likeness (QED) is 0.698. The first-order chi connectivity index (χ1) is 12.1. The Hall–Kier alpha value is -1.90. The van der Waals surface area contributed by atoms with Crippen molar-refractivity contribution in [2.45, 2.75) is 32.8 Å². The van der Waals surface area contributed by atoms with Gasteiger partial charge in [-0.3, -0.25) is 9.69 Å². The summed E-state index contributed by atoms with van der Waals surface area (Å²) in [5.74, 6) is -0.0984. The number of fused-ring (bicyclic) bond motifs is 1. The summed E-state index contributed by atoms with van der Waals surface area (Å²) in [6, 6.07) is 6.14.